The van der Waals surface area contributed by atoms with E-state index in [0.29, 0.717) is 37.4 Å². The first-order valence-corrected chi connectivity index (χ1v) is 12.9. The highest BCUT2D eigenvalue weighted by molar-refractivity contribution is 7.10. The standard InChI is InChI=1S/C25H22ClF3N4O3S/c26-18-6-2-1-4-16(18)21-12-19(31-36-21)20-14-37-23(30-20)15-7-10-32(11-8-15)22(34)13-33-9-3-5-17(24(33)35)25(27,28)29/h1-6,9,14-15,21H,7-8,10-13H2. The monoisotopic (exact) mass is 550 g/mol. The highest BCUT2D eigenvalue weighted by Crippen LogP contribution is 2.35. The summed E-state index contributed by atoms with van der Waals surface area (Å²) < 4.78 is 39.8. The molecule has 0 radical (unpaired) electrons. The van der Waals surface area contributed by atoms with Crippen LogP contribution in [0.15, 0.2) is 57.9 Å². The predicted octanol–water partition coefficient (Wildman–Crippen LogP) is 5.25. The Kier molecular flexibility index (Phi) is 7.09. The van der Waals surface area contributed by atoms with Gasteiger partial charge in [-0.25, -0.2) is 4.98 Å². The molecule has 5 rings (SSSR count). The summed E-state index contributed by atoms with van der Waals surface area (Å²) in [5, 5.41) is 7.74. The van der Waals surface area contributed by atoms with Crippen LogP contribution in [0.1, 0.15) is 53.1 Å². The fourth-order valence-electron chi connectivity index (χ4n) is 4.54. The second-order valence-corrected chi connectivity index (χ2v) is 10.2. The van der Waals surface area contributed by atoms with E-state index in [1.807, 2.05) is 29.6 Å². The van der Waals surface area contributed by atoms with Crippen molar-refractivity contribution in [2.45, 2.75) is 44.0 Å². The van der Waals surface area contributed by atoms with Gasteiger partial charge in [0.05, 0.1) is 10.7 Å². The van der Waals surface area contributed by atoms with Gasteiger partial charge in [0, 0.05) is 47.6 Å². The minimum Gasteiger partial charge on any atom is -0.387 e. The third-order valence-electron chi connectivity index (χ3n) is 6.57. The minimum atomic E-state index is -4.76. The molecule has 194 valence electrons. The Hall–Kier alpha value is -3.18. The maximum absolute atomic E-state index is 13.0. The molecule has 7 nitrogen and oxygen atoms in total. The van der Waals surface area contributed by atoms with E-state index < -0.39 is 23.8 Å². The predicted molar refractivity (Wildman–Crippen MR) is 133 cm³/mol. The molecule has 0 bridgehead atoms. The molecule has 3 aromatic rings. The van der Waals surface area contributed by atoms with Crippen molar-refractivity contribution in [3.63, 3.8) is 0 Å². The summed E-state index contributed by atoms with van der Waals surface area (Å²) in [6.07, 6.45) is -1.92. The number of oxime groups is 1. The van der Waals surface area contributed by atoms with E-state index in [1.54, 1.807) is 4.90 Å². The largest absolute Gasteiger partial charge is 0.421 e. The Bertz CT molecular complexity index is 1400. The highest BCUT2D eigenvalue weighted by Gasteiger charge is 2.35. The lowest BCUT2D eigenvalue weighted by Gasteiger charge is -2.31. The number of aromatic nitrogens is 2. The number of alkyl halides is 3. The molecule has 12 heteroatoms. The van der Waals surface area contributed by atoms with Gasteiger partial charge in [-0.1, -0.05) is 35.0 Å². The Balaban J connectivity index is 1.17. The summed E-state index contributed by atoms with van der Waals surface area (Å²) >= 11 is 7.81. The molecular formula is C25H22ClF3N4O3S. The zero-order valence-corrected chi connectivity index (χ0v) is 21.0. The number of halogens is 4. The first kappa shape index (κ1) is 25.5. The quantitative estimate of drug-likeness (QED) is 0.435. The molecule has 37 heavy (non-hydrogen) atoms. The van der Waals surface area contributed by atoms with Crippen molar-refractivity contribution >= 4 is 34.6 Å². The lowest BCUT2D eigenvalue weighted by molar-refractivity contribution is -0.139. The molecule has 2 aliphatic rings. The Morgan fingerprint density at radius 3 is 2.65 bits per heavy atom. The van der Waals surface area contributed by atoms with Crippen LogP contribution in [0, 0.1) is 0 Å². The van der Waals surface area contributed by atoms with E-state index in [0.717, 1.165) is 38.7 Å². The molecule has 0 N–H and O–H groups in total. The highest BCUT2D eigenvalue weighted by atomic mass is 35.5. The molecule has 0 aliphatic carbocycles. The van der Waals surface area contributed by atoms with E-state index in [4.69, 9.17) is 21.4 Å². The van der Waals surface area contributed by atoms with Gasteiger partial charge in [-0.15, -0.1) is 11.3 Å². The molecule has 1 saturated heterocycles. The fraction of sp³-hybridized carbons (Fsp3) is 0.360. The van der Waals surface area contributed by atoms with Crippen LogP contribution in [0.3, 0.4) is 0 Å². The Morgan fingerprint density at radius 1 is 1.16 bits per heavy atom. The third kappa shape index (κ3) is 5.42. The third-order valence-corrected chi connectivity index (χ3v) is 7.92. The smallest absolute Gasteiger partial charge is 0.387 e. The summed E-state index contributed by atoms with van der Waals surface area (Å²) in [6, 6.07) is 9.33. The summed E-state index contributed by atoms with van der Waals surface area (Å²) in [5.74, 6) is -0.232. The molecule has 0 saturated carbocycles. The van der Waals surface area contributed by atoms with Gasteiger partial charge in [0.15, 0.2) is 6.10 Å². The van der Waals surface area contributed by atoms with E-state index >= 15 is 0 Å². The summed E-state index contributed by atoms with van der Waals surface area (Å²) in [7, 11) is 0. The van der Waals surface area contributed by atoms with Gasteiger partial charge in [-0.2, -0.15) is 13.2 Å². The molecule has 0 spiro atoms. The van der Waals surface area contributed by atoms with Crippen LogP contribution in [0.4, 0.5) is 13.2 Å². The van der Waals surface area contributed by atoms with Crippen LogP contribution in [-0.2, 0) is 22.4 Å². The number of likely N-dealkylation sites (tertiary alicyclic amines) is 1. The van der Waals surface area contributed by atoms with Crippen molar-refractivity contribution in [3.8, 4) is 0 Å². The van der Waals surface area contributed by atoms with Crippen LogP contribution in [0.25, 0.3) is 0 Å². The van der Waals surface area contributed by atoms with E-state index in [-0.39, 0.29) is 17.9 Å². The van der Waals surface area contributed by atoms with Crippen molar-refractivity contribution in [1.29, 1.82) is 0 Å². The van der Waals surface area contributed by atoms with Crippen molar-refractivity contribution in [2.24, 2.45) is 5.16 Å². The van der Waals surface area contributed by atoms with Gasteiger partial charge in [-0.3, -0.25) is 9.59 Å². The first-order chi connectivity index (χ1) is 17.7. The minimum absolute atomic E-state index is 0.154. The van der Waals surface area contributed by atoms with Gasteiger partial charge in [0.2, 0.25) is 5.91 Å². The van der Waals surface area contributed by atoms with E-state index in [2.05, 4.69) is 5.16 Å². The van der Waals surface area contributed by atoms with Crippen LogP contribution >= 0.6 is 22.9 Å². The van der Waals surface area contributed by atoms with Crippen LogP contribution < -0.4 is 5.56 Å². The lowest BCUT2D eigenvalue weighted by Crippen LogP contribution is -2.41. The number of hydrogen-bond donors (Lipinski definition) is 0. The number of benzene rings is 1. The second-order valence-electron chi connectivity index (χ2n) is 8.94. The zero-order valence-electron chi connectivity index (χ0n) is 19.4. The van der Waals surface area contributed by atoms with Gasteiger partial charge < -0.3 is 14.3 Å². The molecule has 4 heterocycles. The molecule has 1 atom stereocenters. The molecule has 1 aromatic carbocycles. The summed E-state index contributed by atoms with van der Waals surface area (Å²) in [5.41, 5.74) is -0.105. The molecule has 1 fully saturated rings. The summed E-state index contributed by atoms with van der Waals surface area (Å²) in [6.45, 7) is 0.441. The number of carbonyl (C=O) groups is 1. The average Bonchev–Trinajstić information content (AvgIpc) is 3.55. The normalized spacial score (nSPS) is 18.5. The van der Waals surface area contributed by atoms with Crippen molar-refractivity contribution in [2.75, 3.05) is 13.1 Å². The number of carbonyl (C=O) groups excluding carboxylic acids is 1. The maximum atomic E-state index is 13.0. The van der Waals surface area contributed by atoms with E-state index in [1.165, 1.54) is 17.5 Å². The van der Waals surface area contributed by atoms with Crippen LogP contribution in [0.2, 0.25) is 5.02 Å². The molecule has 2 aliphatic heterocycles. The van der Waals surface area contributed by atoms with Crippen LogP contribution in [-0.4, -0.2) is 39.2 Å². The van der Waals surface area contributed by atoms with Gasteiger partial charge in [0.1, 0.15) is 17.8 Å². The second kappa shape index (κ2) is 10.3. The zero-order chi connectivity index (χ0) is 26.2. The number of amides is 1. The molecular weight excluding hydrogens is 529 g/mol. The summed E-state index contributed by atoms with van der Waals surface area (Å²) in [4.78, 5) is 36.8. The number of thiazole rings is 1. The van der Waals surface area contributed by atoms with Gasteiger partial charge >= 0.3 is 6.18 Å². The van der Waals surface area contributed by atoms with Crippen molar-refractivity contribution < 1.29 is 22.8 Å². The topological polar surface area (TPSA) is 76.8 Å². The Morgan fingerprint density at radius 2 is 1.92 bits per heavy atom. The number of hydrogen-bond acceptors (Lipinski definition) is 6. The SMILES string of the molecule is O=C(Cn1cccc(C(F)(F)F)c1=O)N1CCC(c2nc(C3=NOC(c4ccccc4Cl)C3)cs2)CC1. The average molecular weight is 551 g/mol. The molecule has 1 unspecified atom stereocenters. The van der Waals surface area contributed by atoms with Crippen molar-refractivity contribution in [1.82, 2.24) is 14.5 Å². The molecule has 1 amide bonds. The maximum Gasteiger partial charge on any atom is 0.421 e. The number of nitrogens with zero attached hydrogens (tertiary/aromatic N) is 4. The van der Waals surface area contributed by atoms with Crippen molar-refractivity contribution in [3.05, 3.63) is 85.2 Å². The first-order valence-electron chi connectivity index (χ1n) is 11.7. The van der Waals surface area contributed by atoms with E-state index in [9.17, 15) is 22.8 Å². The lowest BCUT2D eigenvalue weighted by atomic mass is 9.97. The number of rotatable bonds is 5. The van der Waals surface area contributed by atoms with Gasteiger partial charge in [-0.05, 0) is 31.0 Å². The Labute approximate surface area is 219 Å². The number of piperidine rings is 1. The molecule has 2 aromatic heterocycles. The van der Waals surface area contributed by atoms with Crippen LogP contribution in [0.5, 0.6) is 0 Å². The fourth-order valence-corrected chi connectivity index (χ4v) is 5.80. The number of pyridine rings is 1. The van der Waals surface area contributed by atoms with Gasteiger partial charge in [0.25, 0.3) is 5.56 Å².